The standard InChI is InChI=1S/C2H4N2S4.4K.4H/c3-1(5)7-8-2(4)6;;;;;;;;/h(H2,3,5)(H2,4,6);;;;;;;;/q;4*+1;4*-1. The van der Waals surface area contributed by atoms with E-state index in [1.807, 2.05) is 0 Å². The molecule has 4 N–H and O–H groups in total. The van der Waals surface area contributed by atoms with Crippen molar-refractivity contribution in [2.45, 2.75) is 0 Å². The summed E-state index contributed by atoms with van der Waals surface area (Å²) in [4.78, 5) is 0. The maximum Gasteiger partial charge on any atom is 1.00 e. The molecule has 12 heavy (non-hydrogen) atoms. The zero-order chi connectivity index (χ0) is 6.57. The fraction of sp³-hybridized carbons (Fsp3) is 0. The minimum atomic E-state index is 0. The molecule has 0 aliphatic carbocycles. The van der Waals surface area contributed by atoms with Crippen LogP contribution >= 0.6 is 46.0 Å². The third kappa shape index (κ3) is 30.2. The molecule has 0 aromatic rings. The summed E-state index contributed by atoms with van der Waals surface area (Å²) in [5.74, 6) is 0. The summed E-state index contributed by atoms with van der Waals surface area (Å²) in [5, 5.41) is 0. The van der Waals surface area contributed by atoms with E-state index in [0.29, 0.717) is 8.64 Å². The van der Waals surface area contributed by atoms with Gasteiger partial charge in [-0.15, -0.1) is 0 Å². The van der Waals surface area contributed by atoms with Gasteiger partial charge in [-0.25, -0.2) is 0 Å². The van der Waals surface area contributed by atoms with E-state index in [0.717, 1.165) is 0 Å². The summed E-state index contributed by atoms with van der Waals surface area (Å²) < 4.78 is 0.700. The Morgan fingerprint density at radius 2 is 1.00 bits per heavy atom. The molecule has 0 fully saturated rings. The number of thiocarbonyl (C=S) groups is 2. The summed E-state index contributed by atoms with van der Waals surface area (Å²) in [7, 11) is 2.40. The van der Waals surface area contributed by atoms with Crippen molar-refractivity contribution < 1.29 is 211 Å². The molecule has 0 aliphatic rings. The van der Waals surface area contributed by atoms with Gasteiger partial charge in [-0.3, -0.25) is 0 Å². The van der Waals surface area contributed by atoms with Gasteiger partial charge in [-0.2, -0.15) is 0 Å². The average Bonchev–Trinajstić information content (AvgIpc) is 1.61. The van der Waals surface area contributed by atoms with Gasteiger partial charge in [0.25, 0.3) is 0 Å². The summed E-state index contributed by atoms with van der Waals surface area (Å²) in [6.07, 6.45) is 0. The summed E-state index contributed by atoms with van der Waals surface area (Å²) in [6.45, 7) is 0. The first-order valence-corrected chi connectivity index (χ1v) is 4.53. The molecule has 0 atom stereocenters. The minimum absolute atomic E-state index is 0. The molecule has 0 unspecified atom stereocenters. The van der Waals surface area contributed by atoms with E-state index >= 15 is 0 Å². The Morgan fingerprint density at radius 3 is 1.08 bits per heavy atom. The van der Waals surface area contributed by atoms with Gasteiger partial charge in [-0.1, -0.05) is 24.4 Å². The maximum atomic E-state index is 5.10. The van der Waals surface area contributed by atoms with E-state index in [4.69, 9.17) is 11.5 Å². The number of hydrogen-bond donors (Lipinski definition) is 2. The second-order valence-corrected chi connectivity index (χ2v) is 4.41. The molecule has 10 heteroatoms. The van der Waals surface area contributed by atoms with Gasteiger partial charge in [-0.05, 0) is 21.6 Å². The molecule has 0 heterocycles. The molecule has 0 saturated heterocycles. The second-order valence-electron chi connectivity index (χ2n) is 0.805. The van der Waals surface area contributed by atoms with Crippen molar-refractivity contribution >= 4 is 54.7 Å². The van der Waals surface area contributed by atoms with Crippen LogP contribution in [-0.4, -0.2) is 8.64 Å². The fourth-order valence-electron chi connectivity index (χ4n) is 0.0821. The topological polar surface area (TPSA) is 52.0 Å². The van der Waals surface area contributed by atoms with E-state index in [1.54, 1.807) is 0 Å². The van der Waals surface area contributed by atoms with Gasteiger partial charge in [0, 0.05) is 0 Å². The zero-order valence-corrected chi connectivity index (χ0v) is 23.5. The molecule has 2 nitrogen and oxygen atoms in total. The molecule has 0 saturated carbocycles. The summed E-state index contributed by atoms with van der Waals surface area (Å²) in [5.41, 5.74) is 10.2. The van der Waals surface area contributed by atoms with Crippen molar-refractivity contribution in [3.63, 3.8) is 0 Å². The molecule has 0 bridgehead atoms. The van der Waals surface area contributed by atoms with Crippen LogP contribution in [0.5, 0.6) is 0 Å². The SMILES string of the molecule is NC(=S)SSC(N)=S.[H-].[H-].[H-].[H-].[K+].[K+].[K+].[K+]. The molecule has 0 aromatic heterocycles. The van der Waals surface area contributed by atoms with E-state index < -0.39 is 0 Å². The Labute approximate surface area is 268 Å². The first kappa shape index (κ1) is 31.4. The Hall–Kier alpha value is 7.03. The average molecular weight is 345 g/mol. The Balaban J connectivity index is -0.00000000875. The number of nitrogens with two attached hydrogens (primary N) is 2. The predicted molar refractivity (Wildman–Crippen MR) is 53.2 cm³/mol. The third-order valence-electron chi connectivity index (χ3n) is 0.206. The summed E-state index contributed by atoms with van der Waals surface area (Å²) in [6, 6.07) is 0. The molecule has 0 aliphatic heterocycles. The van der Waals surface area contributed by atoms with Crippen molar-refractivity contribution in [2.24, 2.45) is 11.5 Å². The molecular formula is C2H8K4N2S4. The van der Waals surface area contributed by atoms with Crippen molar-refractivity contribution in [3.8, 4) is 0 Å². The molecule has 0 spiro atoms. The van der Waals surface area contributed by atoms with Crippen molar-refractivity contribution in [1.29, 1.82) is 0 Å². The van der Waals surface area contributed by atoms with Gasteiger partial charge in [0.2, 0.25) is 0 Å². The van der Waals surface area contributed by atoms with Crippen LogP contribution in [0, 0.1) is 0 Å². The number of rotatable bonds is 0. The zero-order valence-electron chi connectivity index (χ0n) is 11.8. The third-order valence-corrected chi connectivity index (χ3v) is 3.08. The molecule has 0 rings (SSSR count). The Kier molecular flexibility index (Phi) is 60.6. The van der Waals surface area contributed by atoms with Crippen LogP contribution in [0.2, 0.25) is 0 Å². The molecule has 54 valence electrons. The number of hydrogen-bond acceptors (Lipinski definition) is 4. The van der Waals surface area contributed by atoms with Crippen LogP contribution in [0.25, 0.3) is 0 Å². The van der Waals surface area contributed by atoms with Gasteiger partial charge >= 0.3 is 206 Å². The molecule has 0 amide bonds. The van der Waals surface area contributed by atoms with Crippen LogP contribution in [0.1, 0.15) is 5.71 Å². The largest absolute Gasteiger partial charge is 1.00 e. The van der Waals surface area contributed by atoms with E-state index in [-0.39, 0.29) is 211 Å². The fourth-order valence-corrected chi connectivity index (χ4v) is 1.35. The molecular weight excluding hydrogens is 337 g/mol. The molecule has 0 aromatic carbocycles. The van der Waals surface area contributed by atoms with Gasteiger partial charge < -0.3 is 17.2 Å². The van der Waals surface area contributed by atoms with Crippen molar-refractivity contribution in [1.82, 2.24) is 0 Å². The van der Waals surface area contributed by atoms with E-state index in [2.05, 4.69) is 24.4 Å². The van der Waals surface area contributed by atoms with Crippen LogP contribution in [0.4, 0.5) is 0 Å². The Morgan fingerprint density at radius 1 is 0.833 bits per heavy atom. The summed E-state index contributed by atoms with van der Waals surface area (Å²) >= 11 is 9.04. The monoisotopic (exact) mass is 344 g/mol. The van der Waals surface area contributed by atoms with Crippen molar-refractivity contribution in [2.75, 3.05) is 0 Å². The van der Waals surface area contributed by atoms with Crippen LogP contribution < -0.4 is 217 Å². The smallest absolute Gasteiger partial charge is 1.00 e. The quantitative estimate of drug-likeness (QED) is 0.259. The van der Waals surface area contributed by atoms with Gasteiger partial charge in [0.15, 0.2) is 0 Å². The van der Waals surface area contributed by atoms with Crippen molar-refractivity contribution in [3.05, 3.63) is 0 Å². The first-order chi connectivity index (χ1) is 3.63. The van der Waals surface area contributed by atoms with Crippen LogP contribution in [0.3, 0.4) is 0 Å². The van der Waals surface area contributed by atoms with Gasteiger partial charge in [0.1, 0.15) is 8.64 Å². The first-order valence-electron chi connectivity index (χ1n) is 1.56. The van der Waals surface area contributed by atoms with E-state index in [1.165, 1.54) is 21.6 Å². The maximum absolute atomic E-state index is 5.10. The van der Waals surface area contributed by atoms with E-state index in [9.17, 15) is 0 Å². The predicted octanol–water partition coefficient (Wildman–Crippen LogP) is -10.7. The van der Waals surface area contributed by atoms with Gasteiger partial charge in [0.05, 0.1) is 0 Å². The second kappa shape index (κ2) is 23.1. The van der Waals surface area contributed by atoms with Crippen LogP contribution in [-0.2, 0) is 0 Å². The minimum Gasteiger partial charge on any atom is -1.00 e. The Bertz CT molecular complexity index is 121. The molecule has 0 radical (unpaired) electrons. The van der Waals surface area contributed by atoms with Crippen LogP contribution in [0.15, 0.2) is 0 Å². The normalized spacial score (nSPS) is 5.67.